The normalized spacial score (nSPS) is 23.9. The first-order valence-electron chi connectivity index (χ1n) is 5.31. The summed E-state index contributed by atoms with van der Waals surface area (Å²) in [4.78, 5) is 13.1. The average Bonchev–Trinajstić information content (AvgIpc) is 1.97. The molecule has 17 heavy (non-hydrogen) atoms. The average molecular weight is 321 g/mol. The summed E-state index contributed by atoms with van der Waals surface area (Å²) in [6, 6.07) is 0. The van der Waals surface area contributed by atoms with Crippen LogP contribution in [-0.4, -0.2) is 33.7 Å². The Labute approximate surface area is 116 Å². The van der Waals surface area contributed by atoms with E-state index in [4.69, 9.17) is 4.74 Å². The molecule has 0 spiro atoms. The molecule has 0 aromatic rings. The molecule has 0 aromatic heterocycles. The van der Waals surface area contributed by atoms with Crippen molar-refractivity contribution >= 4 is 6.09 Å². The molecule has 96 valence electrons. The number of piperidine rings is 1. The van der Waals surface area contributed by atoms with Gasteiger partial charge in [0, 0.05) is 0 Å². The van der Waals surface area contributed by atoms with Gasteiger partial charge in [0.25, 0.3) is 0 Å². The van der Waals surface area contributed by atoms with Crippen molar-refractivity contribution in [3.05, 3.63) is 0 Å². The number of amides is 1. The second-order valence-electron chi connectivity index (χ2n) is 5.14. The third-order valence-corrected chi connectivity index (χ3v) is 3.85. The van der Waals surface area contributed by atoms with Crippen molar-refractivity contribution in [3.63, 3.8) is 0 Å². The van der Waals surface area contributed by atoms with E-state index in [1.165, 1.54) is 4.90 Å². The van der Waals surface area contributed by atoms with Crippen LogP contribution in [0.5, 0.6) is 0 Å². The van der Waals surface area contributed by atoms with Gasteiger partial charge < -0.3 is 12.4 Å². The van der Waals surface area contributed by atoms with Crippen LogP contribution in [0.25, 0.3) is 0 Å². The molecule has 1 aliphatic rings. The van der Waals surface area contributed by atoms with E-state index in [2.05, 4.69) is 0 Å². The van der Waals surface area contributed by atoms with E-state index in [9.17, 15) is 13.6 Å². The minimum absolute atomic E-state index is 0. The molecule has 1 aliphatic heterocycles. The summed E-state index contributed by atoms with van der Waals surface area (Å²) >= 11 is 0.648. The van der Waals surface area contributed by atoms with E-state index in [1.54, 1.807) is 20.8 Å². The Morgan fingerprint density at radius 2 is 2.00 bits per heavy atom. The topological polar surface area (TPSA) is 29.5 Å². The second-order valence-corrected chi connectivity index (χ2v) is 7.12. The Bertz CT molecular complexity index is 284. The third-order valence-electron chi connectivity index (χ3n) is 2.32. The molecule has 3 nitrogen and oxygen atoms in total. The van der Waals surface area contributed by atoms with Crippen molar-refractivity contribution in [2.24, 2.45) is 0 Å². The van der Waals surface area contributed by atoms with Gasteiger partial charge in [-0.1, -0.05) is 0 Å². The molecule has 1 atom stereocenters. The summed E-state index contributed by atoms with van der Waals surface area (Å²) in [6.45, 7) is 5.39. The van der Waals surface area contributed by atoms with Crippen LogP contribution < -0.4 is 12.4 Å². The molecule has 1 saturated heterocycles. The Morgan fingerprint density at radius 1 is 1.47 bits per heavy atom. The van der Waals surface area contributed by atoms with Crippen LogP contribution in [0.15, 0.2) is 0 Å². The van der Waals surface area contributed by atoms with Gasteiger partial charge in [0.2, 0.25) is 0 Å². The molecular weight excluding hydrogens is 305 g/mol. The van der Waals surface area contributed by atoms with E-state index < -0.39 is 17.6 Å². The van der Waals surface area contributed by atoms with Crippen LogP contribution in [0.4, 0.5) is 13.6 Å². The van der Waals surface area contributed by atoms with Gasteiger partial charge in [0.1, 0.15) is 0 Å². The molecule has 0 bridgehead atoms. The minimum atomic E-state index is -2.62. The quantitative estimate of drug-likeness (QED) is 0.565. The van der Waals surface area contributed by atoms with Crippen LogP contribution in [0, 0.1) is 0 Å². The fraction of sp³-hybridized carbons (Fsp3) is 0.900. The Hall–Kier alpha value is 0.0434. The maximum absolute atomic E-state index is 13.1. The van der Waals surface area contributed by atoms with E-state index >= 15 is 0 Å². The smallest absolute Gasteiger partial charge is 1.00 e. The summed E-state index contributed by atoms with van der Waals surface area (Å²) in [5.74, 6) is -2.62. The molecule has 1 unspecified atom stereocenters. The number of halogens is 3. The largest absolute Gasteiger partial charge is 1.00 e. The number of likely N-dealkylation sites (tertiary alicyclic amines) is 1. The van der Waals surface area contributed by atoms with E-state index in [0.29, 0.717) is 18.3 Å². The van der Waals surface area contributed by atoms with Crippen molar-refractivity contribution in [2.75, 3.05) is 6.54 Å². The Kier molecular flexibility index (Phi) is 5.80. The SMILES string of the molecule is CC(C)(C)OC(=O)N1CCC(F)(F)C[CH]1[Zn+].[Cl-]. The second kappa shape index (κ2) is 5.79. The molecular formula is C10H16ClF2NO2Zn. The van der Waals surface area contributed by atoms with Gasteiger partial charge in [-0.3, -0.25) is 0 Å². The van der Waals surface area contributed by atoms with Crippen molar-refractivity contribution in [1.82, 2.24) is 4.90 Å². The molecule has 1 rings (SSSR count). The molecule has 0 aliphatic carbocycles. The van der Waals surface area contributed by atoms with Gasteiger partial charge in [-0.05, 0) is 0 Å². The molecule has 0 aromatic carbocycles. The van der Waals surface area contributed by atoms with Gasteiger partial charge in [-0.2, -0.15) is 0 Å². The number of hydrogen-bond acceptors (Lipinski definition) is 2. The van der Waals surface area contributed by atoms with Gasteiger partial charge in [0.15, 0.2) is 0 Å². The summed E-state index contributed by atoms with van der Waals surface area (Å²) in [6.07, 6.45) is -0.964. The van der Waals surface area contributed by atoms with Crippen LogP contribution in [0.3, 0.4) is 0 Å². The summed E-state index contributed by atoms with van der Waals surface area (Å²) in [5, 5.41) is 0. The van der Waals surface area contributed by atoms with E-state index in [-0.39, 0.29) is 36.4 Å². The van der Waals surface area contributed by atoms with Gasteiger partial charge in [-0.15, -0.1) is 0 Å². The first kappa shape index (κ1) is 17.0. The maximum atomic E-state index is 13.1. The van der Waals surface area contributed by atoms with Crippen LogP contribution in [0.2, 0.25) is 0 Å². The molecule has 0 radical (unpaired) electrons. The predicted molar refractivity (Wildman–Crippen MR) is 50.9 cm³/mol. The molecule has 1 heterocycles. The van der Waals surface area contributed by atoms with Crippen LogP contribution >= 0.6 is 0 Å². The standard InChI is InChI=1S/C10H16F2NO2.ClH.Zn/c1-9(2,3)15-8(14)13-6-4-10(11,12)5-7-13;;/h6H,4-5,7H2,1-3H3;1H;/q;;+1/p-1. The van der Waals surface area contributed by atoms with E-state index in [0.717, 1.165) is 0 Å². The van der Waals surface area contributed by atoms with Crippen LogP contribution in [-0.2, 0) is 23.0 Å². The van der Waals surface area contributed by atoms with Crippen molar-refractivity contribution < 1.29 is 49.0 Å². The van der Waals surface area contributed by atoms with Gasteiger partial charge in [-0.25, -0.2) is 0 Å². The fourth-order valence-corrected chi connectivity index (χ4v) is 3.17. The molecule has 0 saturated carbocycles. The van der Waals surface area contributed by atoms with Crippen molar-refractivity contribution in [3.8, 4) is 0 Å². The number of rotatable bonds is 0. The fourth-order valence-electron chi connectivity index (χ4n) is 1.58. The van der Waals surface area contributed by atoms with Gasteiger partial charge >= 0.3 is 104 Å². The number of hydrogen-bond donors (Lipinski definition) is 0. The first-order valence-corrected chi connectivity index (χ1v) is 7.03. The van der Waals surface area contributed by atoms with Crippen LogP contribution in [0.1, 0.15) is 33.6 Å². The Balaban J connectivity index is 0.00000256. The molecule has 1 amide bonds. The van der Waals surface area contributed by atoms with Crippen molar-refractivity contribution in [1.29, 1.82) is 0 Å². The maximum Gasteiger partial charge on any atom is -1.00 e. The Morgan fingerprint density at radius 3 is 2.41 bits per heavy atom. The number of nitrogens with zero attached hydrogens (tertiary/aromatic N) is 1. The number of alkyl halides is 2. The zero-order chi connectivity index (χ0) is 12.6. The monoisotopic (exact) mass is 319 g/mol. The third kappa shape index (κ3) is 5.47. The minimum Gasteiger partial charge on any atom is -1.00 e. The molecule has 1 fully saturated rings. The summed E-state index contributed by atoms with van der Waals surface area (Å²) < 4.78 is 31.0. The number of carbonyl (C=O) groups excluding carboxylic acids is 1. The van der Waals surface area contributed by atoms with E-state index in [1.807, 2.05) is 0 Å². The molecule has 7 heteroatoms. The number of carbonyl (C=O) groups is 1. The van der Waals surface area contributed by atoms with Crippen molar-refractivity contribution in [2.45, 2.75) is 49.8 Å². The van der Waals surface area contributed by atoms with Gasteiger partial charge in [0.05, 0.1) is 0 Å². The predicted octanol–water partition coefficient (Wildman–Crippen LogP) is -0.470. The summed E-state index contributed by atoms with van der Waals surface area (Å²) in [5.41, 5.74) is -0.573. The zero-order valence-corrected chi connectivity index (χ0v) is 14.0. The first-order chi connectivity index (χ1) is 7.11. The summed E-state index contributed by atoms with van der Waals surface area (Å²) in [7, 11) is 0. The molecule has 0 N–H and O–H groups in total. The number of ether oxygens (including phenoxy) is 1. The zero-order valence-electron chi connectivity index (χ0n) is 10.3.